The van der Waals surface area contributed by atoms with Crippen molar-refractivity contribution in [2.24, 2.45) is 5.14 Å². The number of unbranched alkanes of at least 4 members (excludes halogenated alkanes) is 2. The summed E-state index contributed by atoms with van der Waals surface area (Å²) in [7, 11) is -2.56. The SMILES string of the molecule is CCCCCNC(=S)NNC(=O)c1cc(S(N)(=O)=O)ccc1OC. The van der Waals surface area contributed by atoms with Crippen LogP contribution in [0, 0.1) is 0 Å². The van der Waals surface area contributed by atoms with E-state index in [0.717, 1.165) is 25.3 Å². The van der Waals surface area contributed by atoms with Gasteiger partial charge in [-0.2, -0.15) is 0 Å². The summed E-state index contributed by atoms with van der Waals surface area (Å²) in [5.41, 5.74) is 4.96. The number of amides is 1. The van der Waals surface area contributed by atoms with E-state index in [1.54, 1.807) is 0 Å². The molecule has 0 saturated carbocycles. The quantitative estimate of drug-likeness (QED) is 0.314. The Morgan fingerprint density at radius 3 is 2.58 bits per heavy atom. The van der Waals surface area contributed by atoms with Crippen LogP contribution in [0.3, 0.4) is 0 Å². The largest absolute Gasteiger partial charge is 0.496 e. The van der Waals surface area contributed by atoms with E-state index in [1.807, 2.05) is 0 Å². The van der Waals surface area contributed by atoms with Crippen molar-refractivity contribution in [2.45, 2.75) is 31.1 Å². The van der Waals surface area contributed by atoms with E-state index in [2.05, 4.69) is 23.1 Å². The van der Waals surface area contributed by atoms with Crippen molar-refractivity contribution in [1.82, 2.24) is 16.2 Å². The highest BCUT2D eigenvalue weighted by Gasteiger charge is 2.17. The molecule has 1 aromatic carbocycles. The lowest BCUT2D eigenvalue weighted by Gasteiger charge is -2.13. The molecule has 0 radical (unpaired) electrons. The fourth-order valence-electron chi connectivity index (χ4n) is 1.84. The number of primary sulfonamides is 1. The van der Waals surface area contributed by atoms with Gasteiger partial charge in [0.1, 0.15) is 5.75 Å². The highest BCUT2D eigenvalue weighted by molar-refractivity contribution is 7.89. The summed E-state index contributed by atoms with van der Waals surface area (Å²) < 4.78 is 27.9. The van der Waals surface area contributed by atoms with Gasteiger partial charge in [0.05, 0.1) is 17.6 Å². The summed E-state index contributed by atoms with van der Waals surface area (Å²) in [6, 6.07) is 3.76. The summed E-state index contributed by atoms with van der Waals surface area (Å²) in [6.45, 7) is 2.79. The normalized spacial score (nSPS) is 10.8. The molecule has 1 aromatic rings. The number of hydrazine groups is 1. The molecular weight excluding hydrogens is 352 g/mol. The molecule has 0 aliphatic rings. The Hall–Kier alpha value is -1.91. The standard InChI is InChI=1S/C14H22N4O4S2/c1-3-4-5-8-16-14(23)18-17-13(19)11-9-10(24(15,20)21)6-7-12(11)22-2/h6-7,9H,3-5,8H2,1-2H3,(H,17,19)(H2,15,20,21)(H2,16,18,23). The third-order valence-corrected chi connectivity index (χ3v) is 4.26. The Kier molecular flexibility index (Phi) is 7.89. The first-order chi connectivity index (χ1) is 11.3. The van der Waals surface area contributed by atoms with Gasteiger partial charge in [0.15, 0.2) is 5.11 Å². The minimum atomic E-state index is -3.93. The second-order valence-corrected chi connectivity index (χ2v) is 6.92. The third kappa shape index (κ3) is 6.30. The van der Waals surface area contributed by atoms with Crippen LogP contribution in [-0.2, 0) is 10.0 Å². The van der Waals surface area contributed by atoms with Crippen LogP contribution in [0.1, 0.15) is 36.5 Å². The van der Waals surface area contributed by atoms with Crippen molar-refractivity contribution in [1.29, 1.82) is 0 Å². The van der Waals surface area contributed by atoms with Gasteiger partial charge in [0.2, 0.25) is 10.0 Å². The van der Waals surface area contributed by atoms with Gasteiger partial charge in [-0.1, -0.05) is 19.8 Å². The minimum absolute atomic E-state index is 0.0188. The van der Waals surface area contributed by atoms with E-state index in [-0.39, 0.29) is 21.3 Å². The number of nitrogens with one attached hydrogen (secondary N) is 3. The number of nitrogens with two attached hydrogens (primary N) is 1. The van der Waals surface area contributed by atoms with E-state index in [9.17, 15) is 13.2 Å². The van der Waals surface area contributed by atoms with Crippen LogP contribution in [0.4, 0.5) is 0 Å². The van der Waals surface area contributed by atoms with Gasteiger partial charge in [0.25, 0.3) is 5.91 Å². The number of benzene rings is 1. The predicted octanol–water partition coefficient (Wildman–Crippen LogP) is 0.642. The second-order valence-electron chi connectivity index (χ2n) is 4.95. The number of ether oxygens (including phenoxy) is 1. The maximum Gasteiger partial charge on any atom is 0.273 e. The lowest BCUT2D eigenvalue weighted by Crippen LogP contribution is -2.47. The molecule has 0 saturated heterocycles. The van der Waals surface area contributed by atoms with Crippen molar-refractivity contribution < 1.29 is 17.9 Å². The van der Waals surface area contributed by atoms with E-state index in [0.29, 0.717) is 6.54 Å². The van der Waals surface area contributed by atoms with Crippen LogP contribution >= 0.6 is 12.2 Å². The Morgan fingerprint density at radius 1 is 1.29 bits per heavy atom. The van der Waals surface area contributed by atoms with Crippen molar-refractivity contribution in [3.8, 4) is 5.75 Å². The highest BCUT2D eigenvalue weighted by atomic mass is 32.2. The first-order valence-electron chi connectivity index (χ1n) is 7.34. The van der Waals surface area contributed by atoms with Gasteiger partial charge in [-0.15, -0.1) is 0 Å². The summed E-state index contributed by atoms with van der Waals surface area (Å²) in [4.78, 5) is 12.0. The van der Waals surface area contributed by atoms with Gasteiger partial charge in [-0.05, 0) is 36.8 Å². The fourth-order valence-corrected chi connectivity index (χ4v) is 2.54. The van der Waals surface area contributed by atoms with Crippen molar-refractivity contribution >= 4 is 33.3 Å². The minimum Gasteiger partial charge on any atom is -0.496 e. The van der Waals surface area contributed by atoms with E-state index >= 15 is 0 Å². The van der Waals surface area contributed by atoms with E-state index in [4.69, 9.17) is 22.1 Å². The van der Waals surface area contributed by atoms with Gasteiger partial charge < -0.3 is 10.1 Å². The van der Waals surface area contributed by atoms with Crippen LogP contribution in [0.15, 0.2) is 23.1 Å². The molecule has 0 bridgehead atoms. The van der Waals surface area contributed by atoms with Crippen LogP contribution < -0.4 is 26.0 Å². The molecule has 134 valence electrons. The Bertz CT molecular complexity index is 692. The molecule has 0 atom stereocenters. The first-order valence-corrected chi connectivity index (χ1v) is 9.30. The summed E-state index contributed by atoms with van der Waals surface area (Å²) in [5.74, 6) is -0.390. The summed E-state index contributed by atoms with van der Waals surface area (Å²) in [5, 5.41) is 8.28. The van der Waals surface area contributed by atoms with Gasteiger partial charge in [-0.25, -0.2) is 13.6 Å². The highest BCUT2D eigenvalue weighted by Crippen LogP contribution is 2.21. The lowest BCUT2D eigenvalue weighted by atomic mass is 10.2. The first kappa shape index (κ1) is 20.1. The molecule has 24 heavy (non-hydrogen) atoms. The number of rotatable bonds is 7. The van der Waals surface area contributed by atoms with Crippen molar-refractivity contribution in [3.63, 3.8) is 0 Å². The summed E-state index contributed by atoms with van der Waals surface area (Å²) in [6.07, 6.45) is 3.15. The van der Waals surface area contributed by atoms with Crippen LogP contribution in [0.25, 0.3) is 0 Å². The number of hydrogen-bond donors (Lipinski definition) is 4. The molecule has 0 fully saturated rings. The molecule has 0 aromatic heterocycles. The van der Waals surface area contributed by atoms with Gasteiger partial charge >= 0.3 is 0 Å². The monoisotopic (exact) mass is 374 g/mol. The molecule has 0 aliphatic carbocycles. The van der Waals surface area contributed by atoms with Crippen LogP contribution in [0.5, 0.6) is 5.75 Å². The zero-order valence-electron chi connectivity index (χ0n) is 13.6. The number of hydrogen-bond acceptors (Lipinski definition) is 5. The molecule has 0 heterocycles. The second kappa shape index (κ2) is 9.40. The van der Waals surface area contributed by atoms with Crippen LogP contribution in [0.2, 0.25) is 0 Å². The molecule has 1 rings (SSSR count). The molecular formula is C14H22N4O4S2. The third-order valence-electron chi connectivity index (χ3n) is 3.10. The van der Waals surface area contributed by atoms with Gasteiger partial charge in [-0.3, -0.25) is 15.6 Å². The summed E-state index contributed by atoms with van der Waals surface area (Å²) >= 11 is 5.03. The van der Waals surface area contributed by atoms with Crippen LogP contribution in [-0.4, -0.2) is 33.1 Å². The Labute approximate surface area is 147 Å². The van der Waals surface area contributed by atoms with Crippen molar-refractivity contribution in [2.75, 3.05) is 13.7 Å². The fraction of sp³-hybridized carbons (Fsp3) is 0.429. The molecule has 0 spiro atoms. The average molecular weight is 374 g/mol. The zero-order valence-corrected chi connectivity index (χ0v) is 15.2. The number of thiocarbonyl (C=S) groups is 1. The van der Waals surface area contributed by atoms with E-state index < -0.39 is 15.9 Å². The number of carbonyl (C=O) groups excluding carboxylic acids is 1. The lowest BCUT2D eigenvalue weighted by molar-refractivity contribution is 0.0940. The average Bonchev–Trinajstić information content (AvgIpc) is 2.55. The smallest absolute Gasteiger partial charge is 0.273 e. The molecule has 1 amide bonds. The van der Waals surface area contributed by atoms with Crippen molar-refractivity contribution in [3.05, 3.63) is 23.8 Å². The molecule has 5 N–H and O–H groups in total. The molecule has 0 aliphatic heterocycles. The molecule has 8 nitrogen and oxygen atoms in total. The number of carbonyl (C=O) groups is 1. The zero-order chi connectivity index (χ0) is 18.2. The predicted molar refractivity (Wildman–Crippen MR) is 95.1 cm³/mol. The molecule has 0 unspecified atom stereocenters. The van der Waals surface area contributed by atoms with E-state index in [1.165, 1.54) is 19.2 Å². The molecule has 10 heteroatoms. The topological polar surface area (TPSA) is 123 Å². The Morgan fingerprint density at radius 2 is 2.00 bits per heavy atom. The maximum absolute atomic E-state index is 12.2. The van der Waals surface area contributed by atoms with Gasteiger partial charge in [0, 0.05) is 6.54 Å². The number of sulfonamides is 1. The maximum atomic E-state index is 12.2. The Balaban J connectivity index is 2.71. The number of methoxy groups -OCH3 is 1.